The van der Waals surface area contributed by atoms with Gasteiger partial charge in [0.2, 0.25) is 0 Å². The number of piperazine rings is 1. The number of hydrogen-bond acceptors (Lipinski definition) is 5. The van der Waals surface area contributed by atoms with E-state index in [1.807, 2.05) is 0 Å². The standard InChI is InChI=1S/C15H24IN5/c1-4-17-15-12(16)13(10-5-6-10)18-14(19-15)11-9-20(2)7-8-21(11)3/h10-11H,4-9H2,1-3H3,(H,17,18,19). The van der Waals surface area contributed by atoms with Crippen LogP contribution in [-0.4, -0.2) is 60.0 Å². The van der Waals surface area contributed by atoms with Crippen molar-refractivity contribution in [2.45, 2.75) is 31.7 Å². The first-order chi connectivity index (χ1) is 10.1. The molecule has 21 heavy (non-hydrogen) atoms. The Morgan fingerprint density at radius 1 is 1.24 bits per heavy atom. The monoisotopic (exact) mass is 401 g/mol. The van der Waals surface area contributed by atoms with Crippen LogP contribution in [0.2, 0.25) is 0 Å². The van der Waals surface area contributed by atoms with Crippen molar-refractivity contribution in [3.05, 3.63) is 15.1 Å². The molecule has 1 aliphatic carbocycles. The molecule has 0 bridgehead atoms. The van der Waals surface area contributed by atoms with Crippen molar-refractivity contribution in [2.24, 2.45) is 0 Å². The van der Waals surface area contributed by atoms with E-state index in [4.69, 9.17) is 9.97 Å². The average Bonchev–Trinajstić information content (AvgIpc) is 3.28. The first-order valence-corrected chi connectivity index (χ1v) is 8.88. The Labute approximate surface area is 140 Å². The first kappa shape index (κ1) is 15.4. The van der Waals surface area contributed by atoms with Gasteiger partial charge in [0, 0.05) is 32.1 Å². The van der Waals surface area contributed by atoms with Crippen molar-refractivity contribution < 1.29 is 0 Å². The third-order valence-electron chi connectivity index (χ3n) is 4.35. The van der Waals surface area contributed by atoms with Gasteiger partial charge < -0.3 is 10.2 Å². The molecule has 1 aromatic rings. The van der Waals surface area contributed by atoms with Crippen LogP contribution in [0.4, 0.5) is 5.82 Å². The summed E-state index contributed by atoms with van der Waals surface area (Å²) in [6, 6.07) is 0.302. The molecule has 0 spiro atoms. The van der Waals surface area contributed by atoms with E-state index in [9.17, 15) is 0 Å². The molecule has 2 heterocycles. The fourth-order valence-electron chi connectivity index (χ4n) is 2.83. The second-order valence-electron chi connectivity index (χ2n) is 6.19. The minimum Gasteiger partial charge on any atom is -0.369 e. The number of likely N-dealkylation sites (N-methyl/N-ethyl adjacent to an activating group) is 2. The molecule has 116 valence electrons. The maximum Gasteiger partial charge on any atom is 0.149 e. The zero-order chi connectivity index (χ0) is 15.0. The van der Waals surface area contributed by atoms with Crippen molar-refractivity contribution in [2.75, 3.05) is 45.6 Å². The molecule has 0 radical (unpaired) electrons. The second-order valence-corrected chi connectivity index (χ2v) is 7.27. The summed E-state index contributed by atoms with van der Waals surface area (Å²) in [4.78, 5) is 14.6. The molecular formula is C15H24IN5. The summed E-state index contributed by atoms with van der Waals surface area (Å²) in [5.74, 6) is 2.66. The molecule has 1 aliphatic heterocycles. The zero-order valence-corrected chi connectivity index (χ0v) is 15.2. The minimum absolute atomic E-state index is 0.302. The average molecular weight is 401 g/mol. The van der Waals surface area contributed by atoms with Crippen molar-refractivity contribution in [3.63, 3.8) is 0 Å². The van der Waals surface area contributed by atoms with Crippen LogP contribution >= 0.6 is 22.6 Å². The van der Waals surface area contributed by atoms with Gasteiger partial charge in [-0.2, -0.15) is 0 Å². The van der Waals surface area contributed by atoms with Gasteiger partial charge in [0.25, 0.3) is 0 Å². The van der Waals surface area contributed by atoms with Crippen LogP contribution in [0.3, 0.4) is 0 Å². The van der Waals surface area contributed by atoms with Crippen LogP contribution in [0.15, 0.2) is 0 Å². The molecule has 1 saturated heterocycles. The van der Waals surface area contributed by atoms with Crippen LogP contribution < -0.4 is 5.32 Å². The predicted molar refractivity (Wildman–Crippen MR) is 93.8 cm³/mol. The minimum atomic E-state index is 0.302. The predicted octanol–water partition coefficient (Wildman–Crippen LogP) is 2.31. The van der Waals surface area contributed by atoms with Crippen LogP contribution in [-0.2, 0) is 0 Å². The summed E-state index contributed by atoms with van der Waals surface area (Å²) >= 11 is 2.40. The number of nitrogens with one attached hydrogen (secondary N) is 1. The Morgan fingerprint density at radius 3 is 2.67 bits per heavy atom. The number of anilines is 1. The van der Waals surface area contributed by atoms with E-state index < -0.39 is 0 Å². The van der Waals surface area contributed by atoms with E-state index >= 15 is 0 Å². The third kappa shape index (κ3) is 3.32. The summed E-state index contributed by atoms with van der Waals surface area (Å²) in [7, 11) is 4.36. The fourth-order valence-corrected chi connectivity index (χ4v) is 3.70. The molecule has 0 amide bonds. The normalized spacial score (nSPS) is 24.3. The lowest BCUT2D eigenvalue weighted by Gasteiger charge is -2.37. The first-order valence-electron chi connectivity index (χ1n) is 7.80. The van der Waals surface area contributed by atoms with E-state index in [-0.39, 0.29) is 0 Å². The summed E-state index contributed by atoms with van der Waals surface area (Å²) < 4.78 is 1.22. The van der Waals surface area contributed by atoms with Gasteiger partial charge in [0.1, 0.15) is 11.6 Å². The van der Waals surface area contributed by atoms with E-state index in [0.29, 0.717) is 12.0 Å². The Balaban J connectivity index is 1.96. The number of aromatic nitrogens is 2. The molecule has 1 N–H and O–H groups in total. The van der Waals surface area contributed by atoms with Gasteiger partial charge in [-0.1, -0.05) is 0 Å². The summed E-state index contributed by atoms with van der Waals surface area (Å²) in [5.41, 5.74) is 1.26. The summed E-state index contributed by atoms with van der Waals surface area (Å²) in [6.07, 6.45) is 2.55. The zero-order valence-electron chi connectivity index (χ0n) is 13.1. The molecule has 6 heteroatoms. The van der Waals surface area contributed by atoms with Crippen molar-refractivity contribution >= 4 is 28.4 Å². The summed E-state index contributed by atoms with van der Waals surface area (Å²) in [6.45, 7) is 6.22. The molecule has 2 fully saturated rings. The highest BCUT2D eigenvalue weighted by molar-refractivity contribution is 14.1. The number of hydrogen-bond donors (Lipinski definition) is 1. The molecule has 2 aliphatic rings. The Bertz CT molecular complexity index is 517. The highest BCUT2D eigenvalue weighted by Gasteiger charge is 2.32. The van der Waals surface area contributed by atoms with Crippen LogP contribution in [0.5, 0.6) is 0 Å². The largest absolute Gasteiger partial charge is 0.369 e. The van der Waals surface area contributed by atoms with Gasteiger partial charge in [0.15, 0.2) is 0 Å². The molecule has 1 atom stereocenters. The van der Waals surface area contributed by atoms with Crippen LogP contribution in [0, 0.1) is 3.57 Å². The lowest BCUT2D eigenvalue weighted by Crippen LogP contribution is -2.45. The Morgan fingerprint density at radius 2 is 2.00 bits per heavy atom. The van der Waals surface area contributed by atoms with Gasteiger partial charge in [-0.25, -0.2) is 9.97 Å². The Hall–Kier alpha value is -0.470. The lowest BCUT2D eigenvalue weighted by atomic mass is 10.1. The van der Waals surface area contributed by atoms with Crippen molar-refractivity contribution in [3.8, 4) is 0 Å². The number of nitrogens with zero attached hydrogens (tertiary/aromatic N) is 4. The smallest absolute Gasteiger partial charge is 0.149 e. The van der Waals surface area contributed by atoms with E-state index in [1.54, 1.807) is 0 Å². The summed E-state index contributed by atoms with van der Waals surface area (Å²) in [5, 5.41) is 3.41. The van der Waals surface area contributed by atoms with Crippen LogP contribution in [0.1, 0.15) is 43.2 Å². The van der Waals surface area contributed by atoms with Crippen molar-refractivity contribution in [1.29, 1.82) is 0 Å². The molecule has 5 nitrogen and oxygen atoms in total. The molecule has 1 aromatic heterocycles. The van der Waals surface area contributed by atoms with E-state index in [1.165, 1.54) is 22.1 Å². The van der Waals surface area contributed by atoms with Gasteiger partial charge in [-0.05, 0) is 56.5 Å². The second kappa shape index (κ2) is 6.34. The van der Waals surface area contributed by atoms with E-state index in [0.717, 1.165) is 37.8 Å². The Kier molecular flexibility index (Phi) is 4.66. The maximum absolute atomic E-state index is 4.96. The van der Waals surface area contributed by atoms with Gasteiger partial charge in [-0.15, -0.1) is 0 Å². The van der Waals surface area contributed by atoms with E-state index in [2.05, 4.69) is 58.7 Å². The maximum atomic E-state index is 4.96. The van der Waals surface area contributed by atoms with Gasteiger partial charge in [-0.3, -0.25) is 4.90 Å². The SMILES string of the molecule is CCNc1nc(C2CN(C)CCN2C)nc(C2CC2)c1I. The molecule has 0 aromatic carbocycles. The molecule has 1 saturated carbocycles. The highest BCUT2D eigenvalue weighted by atomic mass is 127. The molecule has 3 rings (SSSR count). The van der Waals surface area contributed by atoms with Gasteiger partial charge >= 0.3 is 0 Å². The van der Waals surface area contributed by atoms with Crippen LogP contribution in [0.25, 0.3) is 0 Å². The quantitative estimate of drug-likeness (QED) is 0.785. The topological polar surface area (TPSA) is 44.3 Å². The number of rotatable bonds is 4. The molecular weight excluding hydrogens is 377 g/mol. The molecule has 1 unspecified atom stereocenters. The van der Waals surface area contributed by atoms with Gasteiger partial charge in [0.05, 0.1) is 15.3 Å². The highest BCUT2D eigenvalue weighted by Crippen LogP contribution is 2.42. The number of halogens is 1. The fraction of sp³-hybridized carbons (Fsp3) is 0.733. The lowest BCUT2D eigenvalue weighted by molar-refractivity contribution is 0.109. The third-order valence-corrected chi connectivity index (χ3v) is 5.42. The van der Waals surface area contributed by atoms with Crippen molar-refractivity contribution in [1.82, 2.24) is 19.8 Å².